The van der Waals surface area contributed by atoms with Gasteiger partial charge in [-0.15, -0.1) is 0 Å². The number of Topliss-reactive ketones (excluding diaryl/α,β-unsaturated/α-hetero) is 1. The first kappa shape index (κ1) is 16.5. The van der Waals surface area contributed by atoms with E-state index in [1.807, 2.05) is 30.3 Å². The maximum absolute atomic E-state index is 13.3. The molecule has 6 heteroatoms. The van der Waals surface area contributed by atoms with E-state index in [1.54, 1.807) is 6.07 Å². The van der Waals surface area contributed by atoms with Gasteiger partial charge in [-0.3, -0.25) is 4.79 Å². The van der Waals surface area contributed by atoms with E-state index in [-0.39, 0.29) is 11.5 Å². The molecular formula is C20H18O6. The first-order valence-corrected chi connectivity index (χ1v) is 8.15. The third-order valence-electron chi connectivity index (χ3n) is 4.59. The van der Waals surface area contributed by atoms with Crippen LogP contribution in [0.3, 0.4) is 0 Å². The second-order valence-electron chi connectivity index (χ2n) is 5.90. The smallest absolute Gasteiger partial charge is 0.205 e. The van der Waals surface area contributed by atoms with Crippen molar-refractivity contribution in [3.05, 3.63) is 53.8 Å². The molecule has 0 amide bonds. The number of carbonyl (C=O) groups is 1. The average molecular weight is 354 g/mol. The number of methoxy groups -OCH3 is 3. The molecule has 1 aromatic heterocycles. The number of ether oxygens (including phenoxy) is 4. The quantitative estimate of drug-likeness (QED) is 0.710. The van der Waals surface area contributed by atoms with Crippen molar-refractivity contribution in [1.29, 1.82) is 0 Å². The molecule has 0 N–H and O–H groups in total. The fraction of sp³-hybridized carbons (Fsp3) is 0.250. The highest BCUT2D eigenvalue weighted by Crippen LogP contribution is 2.50. The van der Waals surface area contributed by atoms with Gasteiger partial charge in [0.15, 0.2) is 23.5 Å². The van der Waals surface area contributed by atoms with E-state index < -0.39 is 12.2 Å². The highest BCUT2D eigenvalue weighted by Gasteiger charge is 2.43. The minimum atomic E-state index is -0.798. The van der Waals surface area contributed by atoms with Crippen LogP contribution < -0.4 is 14.2 Å². The predicted octanol–water partition coefficient (Wildman–Crippen LogP) is 3.78. The SMILES string of the molecule is COc1c2c(c3ccoc3c1OC)O[C@@H](c1ccccc1)[C@@H](OC)C2=O. The van der Waals surface area contributed by atoms with Crippen molar-refractivity contribution in [3.63, 3.8) is 0 Å². The van der Waals surface area contributed by atoms with Crippen molar-refractivity contribution in [1.82, 2.24) is 0 Å². The summed E-state index contributed by atoms with van der Waals surface area (Å²) < 4.78 is 28.2. The van der Waals surface area contributed by atoms with Crippen molar-refractivity contribution in [2.24, 2.45) is 0 Å². The van der Waals surface area contributed by atoms with Crippen LogP contribution in [-0.2, 0) is 4.74 Å². The van der Waals surface area contributed by atoms with Gasteiger partial charge in [0.2, 0.25) is 11.5 Å². The summed E-state index contributed by atoms with van der Waals surface area (Å²) in [6, 6.07) is 11.3. The molecule has 6 nitrogen and oxygen atoms in total. The molecule has 0 unspecified atom stereocenters. The van der Waals surface area contributed by atoms with Crippen LogP contribution in [0.15, 0.2) is 47.1 Å². The lowest BCUT2D eigenvalue weighted by atomic mass is 9.91. The first-order chi connectivity index (χ1) is 12.7. The maximum atomic E-state index is 13.3. The van der Waals surface area contributed by atoms with Gasteiger partial charge in [-0.25, -0.2) is 0 Å². The Morgan fingerprint density at radius 3 is 2.35 bits per heavy atom. The van der Waals surface area contributed by atoms with Gasteiger partial charge >= 0.3 is 0 Å². The number of benzene rings is 2. The van der Waals surface area contributed by atoms with Gasteiger partial charge < -0.3 is 23.4 Å². The van der Waals surface area contributed by atoms with E-state index in [2.05, 4.69) is 0 Å². The van der Waals surface area contributed by atoms with Crippen molar-refractivity contribution in [3.8, 4) is 17.2 Å². The Balaban J connectivity index is 1.99. The van der Waals surface area contributed by atoms with Crippen LogP contribution in [0.25, 0.3) is 11.0 Å². The molecule has 2 heterocycles. The van der Waals surface area contributed by atoms with Crippen molar-refractivity contribution in [2.45, 2.75) is 12.2 Å². The van der Waals surface area contributed by atoms with Gasteiger partial charge in [0.1, 0.15) is 11.3 Å². The third-order valence-corrected chi connectivity index (χ3v) is 4.59. The average Bonchev–Trinajstić information content (AvgIpc) is 3.17. The van der Waals surface area contributed by atoms with E-state index in [0.717, 1.165) is 5.56 Å². The number of ketones is 1. The molecule has 4 rings (SSSR count). The molecule has 1 aliphatic rings. The number of hydrogen-bond acceptors (Lipinski definition) is 6. The Bertz CT molecular complexity index is 959. The highest BCUT2D eigenvalue weighted by atomic mass is 16.5. The molecule has 0 bridgehead atoms. The van der Waals surface area contributed by atoms with Gasteiger partial charge in [0.05, 0.1) is 25.9 Å². The third kappa shape index (κ3) is 2.26. The maximum Gasteiger partial charge on any atom is 0.205 e. The molecule has 0 aliphatic carbocycles. The lowest BCUT2D eigenvalue weighted by Crippen LogP contribution is -2.38. The van der Waals surface area contributed by atoms with Crippen LogP contribution in [-0.4, -0.2) is 33.2 Å². The Morgan fingerprint density at radius 2 is 1.69 bits per heavy atom. The Morgan fingerprint density at radius 1 is 0.962 bits per heavy atom. The summed E-state index contributed by atoms with van der Waals surface area (Å²) in [7, 11) is 4.47. The topological polar surface area (TPSA) is 67.1 Å². The van der Waals surface area contributed by atoms with E-state index in [9.17, 15) is 4.79 Å². The molecule has 3 aromatic rings. The number of fused-ring (bicyclic) bond motifs is 3. The summed E-state index contributed by atoms with van der Waals surface area (Å²) in [6.07, 6.45) is 0.158. The minimum Gasteiger partial charge on any atom is -0.492 e. The zero-order chi connectivity index (χ0) is 18.3. The second kappa shape index (κ2) is 6.38. The van der Waals surface area contributed by atoms with Crippen LogP contribution in [0.2, 0.25) is 0 Å². The molecule has 1 aliphatic heterocycles. The largest absolute Gasteiger partial charge is 0.492 e. The Hall–Kier alpha value is -2.99. The zero-order valence-corrected chi connectivity index (χ0v) is 14.6. The fourth-order valence-electron chi connectivity index (χ4n) is 3.43. The molecule has 0 spiro atoms. The molecule has 0 saturated carbocycles. The van der Waals surface area contributed by atoms with Crippen LogP contribution in [0.1, 0.15) is 22.0 Å². The molecule has 0 radical (unpaired) electrons. The molecule has 26 heavy (non-hydrogen) atoms. The number of carbonyl (C=O) groups excluding carboxylic acids is 1. The Labute approximate surface area is 150 Å². The normalized spacial score (nSPS) is 19.1. The minimum absolute atomic E-state index is 0.221. The van der Waals surface area contributed by atoms with Crippen LogP contribution in [0.4, 0.5) is 0 Å². The van der Waals surface area contributed by atoms with Gasteiger partial charge in [-0.05, 0) is 11.6 Å². The van der Waals surface area contributed by atoms with E-state index in [1.165, 1.54) is 27.6 Å². The van der Waals surface area contributed by atoms with Gasteiger partial charge in [-0.1, -0.05) is 30.3 Å². The second-order valence-corrected chi connectivity index (χ2v) is 5.90. The molecule has 134 valence electrons. The standard InChI is InChI=1S/C20H18O6/c1-22-18-13-14(21)19(23-2)15(11-7-5-4-6-8-11)26-16(13)12-9-10-25-17(12)20(18)24-3/h4-10,15,19H,1-3H3/t15-,19-/m0/s1. The molecule has 0 saturated heterocycles. The lowest BCUT2D eigenvalue weighted by molar-refractivity contribution is -0.000401. The van der Waals surface area contributed by atoms with Gasteiger partial charge in [-0.2, -0.15) is 0 Å². The number of furan rings is 1. The summed E-state index contributed by atoms with van der Waals surface area (Å²) in [5.74, 6) is 0.833. The fourth-order valence-corrected chi connectivity index (χ4v) is 3.43. The lowest BCUT2D eigenvalue weighted by Gasteiger charge is -2.33. The van der Waals surface area contributed by atoms with E-state index >= 15 is 0 Å². The monoisotopic (exact) mass is 354 g/mol. The van der Waals surface area contributed by atoms with Gasteiger partial charge in [0.25, 0.3) is 0 Å². The summed E-state index contributed by atoms with van der Waals surface area (Å²) in [6.45, 7) is 0. The molecule has 2 aromatic carbocycles. The summed E-state index contributed by atoms with van der Waals surface area (Å²) in [4.78, 5) is 13.3. The Kier molecular flexibility index (Phi) is 4.05. The van der Waals surface area contributed by atoms with E-state index in [0.29, 0.717) is 28.0 Å². The highest BCUT2D eigenvalue weighted by molar-refractivity contribution is 6.12. The van der Waals surface area contributed by atoms with Crippen LogP contribution >= 0.6 is 0 Å². The number of hydrogen-bond donors (Lipinski definition) is 0. The molecule has 2 atom stereocenters. The van der Waals surface area contributed by atoms with Crippen molar-refractivity contribution >= 4 is 16.8 Å². The molecule has 0 fully saturated rings. The summed E-state index contributed by atoms with van der Waals surface area (Å²) in [5.41, 5.74) is 1.63. The summed E-state index contributed by atoms with van der Waals surface area (Å²) >= 11 is 0. The van der Waals surface area contributed by atoms with Gasteiger partial charge in [0, 0.05) is 7.11 Å². The van der Waals surface area contributed by atoms with Crippen LogP contribution in [0.5, 0.6) is 17.2 Å². The molecular weight excluding hydrogens is 336 g/mol. The zero-order valence-electron chi connectivity index (χ0n) is 14.6. The number of rotatable bonds is 4. The van der Waals surface area contributed by atoms with Crippen molar-refractivity contribution < 1.29 is 28.2 Å². The summed E-state index contributed by atoms with van der Waals surface area (Å²) in [5, 5.41) is 0.654. The predicted molar refractivity (Wildman–Crippen MR) is 94.3 cm³/mol. The van der Waals surface area contributed by atoms with Crippen LogP contribution in [0, 0.1) is 0 Å². The van der Waals surface area contributed by atoms with Crippen molar-refractivity contribution in [2.75, 3.05) is 21.3 Å². The van der Waals surface area contributed by atoms with E-state index in [4.69, 9.17) is 23.4 Å². The first-order valence-electron chi connectivity index (χ1n) is 8.15.